The standard InChI is InChI=1S/C16H32N2O/c1-3-15-6-5-9-18(10-7-15)13-16(12-17-4-2)8-11-19-14-16/h15,17H,3-14H2,1-2H3. The van der Waals surface area contributed by atoms with E-state index in [-0.39, 0.29) is 0 Å². The van der Waals surface area contributed by atoms with E-state index in [2.05, 4.69) is 24.1 Å². The van der Waals surface area contributed by atoms with Gasteiger partial charge in [0.15, 0.2) is 0 Å². The molecule has 0 aromatic carbocycles. The number of nitrogens with one attached hydrogen (secondary N) is 1. The van der Waals surface area contributed by atoms with Gasteiger partial charge in [-0.2, -0.15) is 0 Å². The zero-order valence-corrected chi connectivity index (χ0v) is 12.9. The van der Waals surface area contributed by atoms with Gasteiger partial charge < -0.3 is 15.0 Å². The Kier molecular flexibility index (Phi) is 6.11. The molecule has 19 heavy (non-hydrogen) atoms. The maximum Gasteiger partial charge on any atom is 0.0547 e. The van der Waals surface area contributed by atoms with Gasteiger partial charge in [0.05, 0.1) is 6.61 Å². The van der Waals surface area contributed by atoms with Crippen LogP contribution in [-0.2, 0) is 4.74 Å². The number of likely N-dealkylation sites (tertiary alicyclic amines) is 1. The van der Waals surface area contributed by atoms with Gasteiger partial charge in [-0.05, 0) is 51.2 Å². The lowest BCUT2D eigenvalue weighted by Crippen LogP contribution is -2.45. The Morgan fingerprint density at radius 3 is 2.84 bits per heavy atom. The van der Waals surface area contributed by atoms with Gasteiger partial charge >= 0.3 is 0 Å². The van der Waals surface area contributed by atoms with Crippen molar-refractivity contribution in [2.75, 3.05) is 45.9 Å². The summed E-state index contributed by atoms with van der Waals surface area (Å²) in [6, 6.07) is 0. The SMILES string of the molecule is CCNCC1(CN2CCCC(CC)CC2)CCOC1. The summed E-state index contributed by atoms with van der Waals surface area (Å²) in [5, 5.41) is 3.55. The Labute approximate surface area is 119 Å². The summed E-state index contributed by atoms with van der Waals surface area (Å²) in [7, 11) is 0. The lowest BCUT2D eigenvalue weighted by molar-refractivity contribution is 0.109. The van der Waals surface area contributed by atoms with Crippen LogP contribution in [0.1, 0.15) is 46.0 Å². The van der Waals surface area contributed by atoms with Gasteiger partial charge in [-0.15, -0.1) is 0 Å². The zero-order valence-electron chi connectivity index (χ0n) is 12.9. The van der Waals surface area contributed by atoms with Gasteiger partial charge in [-0.3, -0.25) is 0 Å². The highest BCUT2D eigenvalue weighted by Crippen LogP contribution is 2.30. The highest BCUT2D eigenvalue weighted by atomic mass is 16.5. The Hall–Kier alpha value is -0.120. The fraction of sp³-hybridized carbons (Fsp3) is 1.00. The molecule has 0 bridgehead atoms. The van der Waals surface area contributed by atoms with E-state index in [1.807, 2.05) is 0 Å². The third-order valence-electron chi connectivity index (χ3n) is 5.01. The number of rotatable bonds is 6. The van der Waals surface area contributed by atoms with Crippen molar-refractivity contribution in [2.45, 2.75) is 46.0 Å². The monoisotopic (exact) mass is 268 g/mol. The van der Waals surface area contributed by atoms with Crippen molar-refractivity contribution >= 4 is 0 Å². The molecule has 112 valence electrons. The molecule has 0 amide bonds. The van der Waals surface area contributed by atoms with Gasteiger partial charge in [-0.1, -0.05) is 20.3 Å². The summed E-state index contributed by atoms with van der Waals surface area (Å²) in [5.41, 5.74) is 0.377. The highest BCUT2D eigenvalue weighted by molar-refractivity contribution is 4.89. The Balaban J connectivity index is 1.86. The normalized spacial score (nSPS) is 33.5. The van der Waals surface area contributed by atoms with Crippen LogP contribution in [0, 0.1) is 11.3 Å². The molecular formula is C16H32N2O. The second kappa shape index (κ2) is 7.61. The predicted molar refractivity (Wildman–Crippen MR) is 80.5 cm³/mol. The molecule has 1 N–H and O–H groups in total. The second-order valence-electron chi connectivity index (χ2n) is 6.56. The van der Waals surface area contributed by atoms with Gasteiger partial charge in [0.25, 0.3) is 0 Å². The molecule has 0 spiro atoms. The quantitative estimate of drug-likeness (QED) is 0.801. The predicted octanol–water partition coefficient (Wildman–Crippen LogP) is 2.51. The third kappa shape index (κ3) is 4.44. The van der Waals surface area contributed by atoms with Crippen molar-refractivity contribution < 1.29 is 4.74 Å². The Morgan fingerprint density at radius 1 is 1.26 bits per heavy atom. The van der Waals surface area contributed by atoms with E-state index in [9.17, 15) is 0 Å². The van der Waals surface area contributed by atoms with E-state index in [0.29, 0.717) is 5.41 Å². The van der Waals surface area contributed by atoms with Crippen LogP contribution in [0.15, 0.2) is 0 Å². The summed E-state index contributed by atoms with van der Waals surface area (Å²) in [6.45, 7) is 12.5. The molecule has 2 fully saturated rings. The summed E-state index contributed by atoms with van der Waals surface area (Å²) in [4.78, 5) is 2.71. The first-order valence-electron chi connectivity index (χ1n) is 8.29. The van der Waals surface area contributed by atoms with E-state index in [1.165, 1.54) is 51.7 Å². The first kappa shape index (κ1) is 15.3. The van der Waals surface area contributed by atoms with Gasteiger partial charge in [-0.25, -0.2) is 0 Å². The molecule has 2 aliphatic heterocycles. The molecule has 2 atom stereocenters. The topological polar surface area (TPSA) is 24.5 Å². The van der Waals surface area contributed by atoms with Gasteiger partial charge in [0, 0.05) is 25.1 Å². The molecule has 2 unspecified atom stereocenters. The summed E-state index contributed by atoms with van der Waals surface area (Å²) in [6.07, 6.45) is 6.81. The Bertz CT molecular complexity index is 251. The minimum Gasteiger partial charge on any atom is -0.381 e. The van der Waals surface area contributed by atoms with Crippen LogP contribution in [0.3, 0.4) is 0 Å². The lowest BCUT2D eigenvalue weighted by atomic mass is 9.86. The van der Waals surface area contributed by atoms with Crippen molar-refractivity contribution in [3.63, 3.8) is 0 Å². The average Bonchev–Trinajstić information content (AvgIpc) is 2.76. The van der Waals surface area contributed by atoms with Crippen molar-refractivity contribution in [3.05, 3.63) is 0 Å². The van der Waals surface area contributed by atoms with Crippen LogP contribution in [0.2, 0.25) is 0 Å². The first-order chi connectivity index (χ1) is 9.28. The van der Waals surface area contributed by atoms with Crippen molar-refractivity contribution in [1.29, 1.82) is 0 Å². The van der Waals surface area contributed by atoms with Crippen LogP contribution in [0.25, 0.3) is 0 Å². The summed E-state index contributed by atoms with van der Waals surface area (Å²) in [5.74, 6) is 0.967. The summed E-state index contributed by atoms with van der Waals surface area (Å²) >= 11 is 0. The molecule has 2 saturated heterocycles. The minimum absolute atomic E-state index is 0.377. The lowest BCUT2D eigenvalue weighted by Gasteiger charge is -2.34. The molecule has 2 heterocycles. The molecule has 3 heteroatoms. The summed E-state index contributed by atoms with van der Waals surface area (Å²) < 4.78 is 5.71. The maximum absolute atomic E-state index is 5.71. The first-order valence-corrected chi connectivity index (χ1v) is 8.29. The van der Waals surface area contributed by atoms with Crippen molar-refractivity contribution in [2.24, 2.45) is 11.3 Å². The van der Waals surface area contributed by atoms with E-state index in [1.54, 1.807) is 0 Å². The average molecular weight is 268 g/mol. The van der Waals surface area contributed by atoms with E-state index < -0.39 is 0 Å². The molecule has 2 aliphatic rings. The second-order valence-corrected chi connectivity index (χ2v) is 6.56. The van der Waals surface area contributed by atoms with E-state index in [0.717, 1.165) is 32.2 Å². The minimum atomic E-state index is 0.377. The molecule has 3 nitrogen and oxygen atoms in total. The molecule has 0 aromatic heterocycles. The zero-order chi connectivity index (χ0) is 13.6. The number of nitrogens with zero attached hydrogens (tertiary/aromatic N) is 1. The number of hydrogen-bond acceptors (Lipinski definition) is 3. The van der Waals surface area contributed by atoms with E-state index in [4.69, 9.17) is 4.74 Å². The van der Waals surface area contributed by atoms with E-state index >= 15 is 0 Å². The smallest absolute Gasteiger partial charge is 0.0547 e. The van der Waals surface area contributed by atoms with Crippen LogP contribution >= 0.6 is 0 Å². The number of ether oxygens (including phenoxy) is 1. The molecule has 0 saturated carbocycles. The van der Waals surface area contributed by atoms with Crippen LogP contribution in [0.5, 0.6) is 0 Å². The molecule has 2 rings (SSSR count). The van der Waals surface area contributed by atoms with Crippen molar-refractivity contribution in [3.8, 4) is 0 Å². The van der Waals surface area contributed by atoms with Crippen LogP contribution in [-0.4, -0.2) is 50.8 Å². The van der Waals surface area contributed by atoms with Gasteiger partial charge in [0.2, 0.25) is 0 Å². The highest BCUT2D eigenvalue weighted by Gasteiger charge is 2.36. The fourth-order valence-electron chi connectivity index (χ4n) is 3.63. The van der Waals surface area contributed by atoms with Gasteiger partial charge in [0.1, 0.15) is 0 Å². The molecular weight excluding hydrogens is 236 g/mol. The van der Waals surface area contributed by atoms with Crippen molar-refractivity contribution in [1.82, 2.24) is 10.2 Å². The largest absolute Gasteiger partial charge is 0.381 e. The molecule has 0 aromatic rings. The molecule has 0 aliphatic carbocycles. The molecule has 0 radical (unpaired) electrons. The maximum atomic E-state index is 5.71. The van der Waals surface area contributed by atoms with Crippen LogP contribution < -0.4 is 5.32 Å². The third-order valence-corrected chi connectivity index (χ3v) is 5.01. The number of hydrogen-bond donors (Lipinski definition) is 1. The fourth-order valence-corrected chi connectivity index (χ4v) is 3.63. The Morgan fingerprint density at radius 2 is 2.16 bits per heavy atom. The van der Waals surface area contributed by atoms with Crippen LogP contribution in [0.4, 0.5) is 0 Å².